The molecule has 5 rings (SSSR count). The minimum absolute atomic E-state index is 0.204. The Balaban J connectivity index is 1.00. The maximum absolute atomic E-state index is 10.0. The quantitative estimate of drug-likeness (QED) is 0.137. The fourth-order valence-electron chi connectivity index (χ4n) is 6.62. The average Bonchev–Trinajstić information content (AvgIpc) is 3.53. The smallest absolute Gasteiger partial charge is 0.126 e. The van der Waals surface area contributed by atoms with E-state index >= 15 is 0 Å². The number of ether oxygens (including phenoxy) is 1. The maximum Gasteiger partial charge on any atom is 0.126 e. The molecule has 0 aromatic heterocycles. The van der Waals surface area contributed by atoms with Gasteiger partial charge in [-0.2, -0.15) is 0 Å². The monoisotopic (exact) mass is 571 g/mol. The van der Waals surface area contributed by atoms with Crippen LogP contribution >= 0.6 is 11.8 Å². The third-order valence-electron chi connectivity index (χ3n) is 8.96. The van der Waals surface area contributed by atoms with Gasteiger partial charge in [-0.15, -0.1) is 11.8 Å². The molecule has 0 unspecified atom stereocenters. The van der Waals surface area contributed by atoms with Gasteiger partial charge in [-0.1, -0.05) is 99.9 Å². The highest BCUT2D eigenvalue weighted by Crippen LogP contribution is 2.47. The van der Waals surface area contributed by atoms with Crippen molar-refractivity contribution in [2.75, 3.05) is 32.0 Å². The van der Waals surface area contributed by atoms with Crippen LogP contribution in [0.3, 0.4) is 0 Å². The number of aromatic hydroxyl groups is 1. The van der Waals surface area contributed by atoms with Crippen LogP contribution in [-0.4, -0.2) is 42.0 Å². The zero-order chi connectivity index (χ0) is 28.1. The number of hydrogen-bond acceptors (Lipinski definition) is 4. The van der Waals surface area contributed by atoms with E-state index < -0.39 is 0 Å². The van der Waals surface area contributed by atoms with E-state index in [1.807, 2.05) is 17.8 Å². The summed E-state index contributed by atoms with van der Waals surface area (Å²) >= 11 is 1.99. The van der Waals surface area contributed by atoms with Crippen molar-refractivity contribution in [3.8, 4) is 11.5 Å². The van der Waals surface area contributed by atoms with Gasteiger partial charge in [-0.3, -0.25) is 0 Å². The van der Waals surface area contributed by atoms with Crippen LogP contribution in [0.15, 0.2) is 77.7 Å². The van der Waals surface area contributed by atoms with Gasteiger partial charge in [0.2, 0.25) is 0 Å². The molecule has 1 fully saturated rings. The number of fused-ring (bicyclic) bond motifs is 1. The molecule has 2 heterocycles. The van der Waals surface area contributed by atoms with Gasteiger partial charge in [0, 0.05) is 28.4 Å². The topological polar surface area (TPSA) is 32.7 Å². The molecule has 2 atom stereocenters. The Morgan fingerprint density at radius 3 is 2.07 bits per heavy atom. The summed E-state index contributed by atoms with van der Waals surface area (Å²) in [6.07, 6.45) is 16.8. The van der Waals surface area contributed by atoms with Crippen molar-refractivity contribution in [2.45, 2.75) is 93.8 Å². The predicted molar refractivity (Wildman–Crippen MR) is 174 cm³/mol. The Labute approximate surface area is 252 Å². The van der Waals surface area contributed by atoms with Crippen molar-refractivity contribution >= 4 is 11.8 Å². The normalized spacial score (nSPS) is 18.7. The van der Waals surface area contributed by atoms with E-state index in [0.29, 0.717) is 6.61 Å². The van der Waals surface area contributed by atoms with Crippen LogP contribution in [0, 0.1) is 0 Å². The Morgan fingerprint density at radius 2 is 1.37 bits per heavy atom. The first-order valence-electron chi connectivity index (χ1n) is 16.2. The lowest BCUT2D eigenvalue weighted by Gasteiger charge is -2.34. The summed E-state index contributed by atoms with van der Waals surface area (Å²) in [5.74, 6) is 2.70. The summed E-state index contributed by atoms with van der Waals surface area (Å²) in [4.78, 5) is 4.00. The van der Waals surface area contributed by atoms with Crippen molar-refractivity contribution in [1.29, 1.82) is 0 Å². The lowest BCUT2D eigenvalue weighted by molar-refractivity contribution is 0.248. The molecule has 3 nitrogen and oxygen atoms in total. The van der Waals surface area contributed by atoms with Crippen LogP contribution in [0.2, 0.25) is 0 Å². The number of phenols is 1. The minimum Gasteiger partial charge on any atom is -0.508 e. The summed E-state index contributed by atoms with van der Waals surface area (Å²) in [5.41, 5.74) is 3.76. The van der Waals surface area contributed by atoms with Crippen molar-refractivity contribution in [3.63, 3.8) is 0 Å². The number of rotatable bonds is 16. The van der Waals surface area contributed by atoms with Gasteiger partial charge >= 0.3 is 0 Å². The zero-order valence-corrected chi connectivity index (χ0v) is 25.6. The van der Waals surface area contributed by atoms with Gasteiger partial charge in [-0.05, 0) is 80.4 Å². The largest absolute Gasteiger partial charge is 0.508 e. The first kappa shape index (κ1) is 30.0. The summed E-state index contributed by atoms with van der Waals surface area (Å²) < 4.78 is 6.12. The third kappa shape index (κ3) is 9.03. The molecule has 0 saturated carbocycles. The second-order valence-corrected chi connectivity index (χ2v) is 13.2. The van der Waals surface area contributed by atoms with E-state index in [1.54, 1.807) is 12.1 Å². The lowest BCUT2D eigenvalue weighted by Crippen LogP contribution is -2.25. The fourth-order valence-corrected chi connectivity index (χ4v) is 7.53. The average molecular weight is 572 g/mol. The molecular formula is C37H49NO2S. The molecule has 3 aromatic rings. The van der Waals surface area contributed by atoms with E-state index in [-0.39, 0.29) is 17.6 Å². The molecule has 2 aliphatic heterocycles. The van der Waals surface area contributed by atoms with Crippen molar-refractivity contribution in [3.05, 3.63) is 89.5 Å². The Hall–Kier alpha value is -2.43. The number of phenolic OH excluding ortho intramolecular Hbond substituents is 1. The number of nitrogens with zero attached hydrogens (tertiary/aromatic N) is 1. The van der Waals surface area contributed by atoms with E-state index in [2.05, 4.69) is 59.5 Å². The van der Waals surface area contributed by atoms with Crippen molar-refractivity contribution in [2.24, 2.45) is 0 Å². The van der Waals surface area contributed by atoms with Crippen LogP contribution < -0.4 is 4.74 Å². The molecule has 1 N–H and O–H groups in total. The molecule has 1 saturated heterocycles. The molecule has 0 bridgehead atoms. The first-order valence-corrected chi connectivity index (χ1v) is 17.2. The van der Waals surface area contributed by atoms with E-state index in [4.69, 9.17) is 4.74 Å². The number of likely N-dealkylation sites (tertiary alicyclic amines) is 1. The number of benzene rings is 3. The minimum atomic E-state index is 0.204. The molecule has 0 aliphatic carbocycles. The van der Waals surface area contributed by atoms with Crippen LogP contribution in [0.1, 0.15) is 106 Å². The highest BCUT2D eigenvalue weighted by molar-refractivity contribution is 7.99. The zero-order valence-electron chi connectivity index (χ0n) is 24.8. The summed E-state index contributed by atoms with van der Waals surface area (Å²) in [6.45, 7) is 4.65. The Morgan fingerprint density at radius 1 is 0.707 bits per heavy atom. The highest BCUT2D eigenvalue weighted by atomic mass is 32.2. The van der Waals surface area contributed by atoms with Gasteiger partial charge < -0.3 is 14.7 Å². The molecule has 0 spiro atoms. The van der Waals surface area contributed by atoms with Crippen molar-refractivity contribution < 1.29 is 9.84 Å². The van der Waals surface area contributed by atoms with E-state index in [0.717, 1.165) is 11.3 Å². The Kier molecular flexibility index (Phi) is 11.9. The van der Waals surface area contributed by atoms with Crippen LogP contribution in [0.4, 0.5) is 0 Å². The van der Waals surface area contributed by atoms with Gasteiger partial charge in [0.15, 0.2) is 0 Å². The molecule has 3 aromatic carbocycles. The summed E-state index contributed by atoms with van der Waals surface area (Å²) in [7, 11) is 0. The fraction of sp³-hybridized carbons (Fsp3) is 0.514. The molecular weight excluding hydrogens is 522 g/mol. The summed E-state index contributed by atoms with van der Waals surface area (Å²) in [6, 6.07) is 25.5. The molecule has 41 heavy (non-hydrogen) atoms. The van der Waals surface area contributed by atoms with Gasteiger partial charge in [0.25, 0.3) is 0 Å². The van der Waals surface area contributed by atoms with E-state index in [1.165, 1.54) is 118 Å². The molecule has 0 amide bonds. The standard InChI is InChI=1S/C37H49NO2S/c39-32-20-23-34-36(28-32)40-29-35(30-16-10-9-11-17-30)37(34)31-18-21-33(22-19-31)41-27-15-8-6-4-2-1-3-5-7-12-24-38-25-13-14-26-38/h9-11,16-23,28,35,37,39H,1-8,12-15,24-27,29H2/t35-,37-/m1/s1. The SMILES string of the molecule is Oc1ccc2c(c1)OC[C@H](c1ccccc1)[C@@H]2c1ccc(SCCCCCCCCCCCCN2CCCC2)cc1. The first-order chi connectivity index (χ1) is 20.3. The molecule has 2 aliphatic rings. The van der Waals surface area contributed by atoms with Gasteiger partial charge in [0.1, 0.15) is 11.5 Å². The molecule has 0 radical (unpaired) electrons. The molecule has 4 heteroatoms. The number of hydrogen-bond donors (Lipinski definition) is 1. The number of unbranched alkanes of at least 4 members (excludes halogenated alkanes) is 9. The third-order valence-corrected chi connectivity index (χ3v) is 10.1. The maximum atomic E-state index is 10.0. The second kappa shape index (κ2) is 16.3. The summed E-state index contributed by atoms with van der Waals surface area (Å²) in [5, 5.41) is 10.0. The lowest BCUT2D eigenvalue weighted by atomic mass is 9.76. The van der Waals surface area contributed by atoms with Crippen molar-refractivity contribution in [1.82, 2.24) is 4.90 Å². The number of thioether (sulfide) groups is 1. The predicted octanol–water partition coefficient (Wildman–Crippen LogP) is 9.79. The van der Waals surface area contributed by atoms with E-state index in [9.17, 15) is 5.11 Å². The van der Waals surface area contributed by atoms with Crippen LogP contribution in [0.5, 0.6) is 11.5 Å². The Bertz CT molecular complexity index is 1160. The van der Waals surface area contributed by atoms with Crippen LogP contribution in [-0.2, 0) is 0 Å². The van der Waals surface area contributed by atoms with Gasteiger partial charge in [0.05, 0.1) is 6.61 Å². The second-order valence-electron chi connectivity index (χ2n) is 12.0. The van der Waals surface area contributed by atoms with Crippen LogP contribution in [0.25, 0.3) is 0 Å². The van der Waals surface area contributed by atoms with Gasteiger partial charge in [-0.25, -0.2) is 0 Å². The molecule has 220 valence electrons. The highest BCUT2D eigenvalue weighted by Gasteiger charge is 2.33.